The van der Waals surface area contributed by atoms with E-state index in [1.54, 1.807) is 5.57 Å². The number of rotatable bonds is 5. The van der Waals surface area contributed by atoms with Crippen LogP contribution in [0, 0.1) is 46.3 Å². The third-order valence-corrected chi connectivity index (χ3v) is 10.2. The van der Waals surface area contributed by atoms with Gasteiger partial charge in [0.1, 0.15) is 0 Å². The van der Waals surface area contributed by atoms with Gasteiger partial charge in [-0.05, 0) is 97.7 Å². The molecule has 3 saturated carbocycles. The molecule has 0 aromatic rings. The molecule has 0 aromatic carbocycles. The van der Waals surface area contributed by atoms with Gasteiger partial charge in [-0.15, -0.1) is 0 Å². The summed E-state index contributed by atoms with van der Waals surface area (Å²) in [6.07, 6.45) is 19.7. The molecule has 0 aromatic heterocycles. The molecule has 0 spiro atoms. The van der Waals surface area contributed by atoms with E-state index in [0.717, 1.165) is 42.4 Å². The number of aliphatic hydroxyl groups is 1. The Labute approximate surface area is 186 Å². The largest absolute Gasteiger partial charge is 0.393 e. The van der Waals surface area contributed by atoms with Crippen molar-refractivity contribution in [2.24, 2.45) is 46.3 Å². The van der Waals surface area contributed by atoms with Gasteiger partial charge in [-0.25, -0.2) is 0 Å². The average molecular weight is 411 g/mol. The van der Waals surface area contributed by atoms with Crippen molar-refractivity contribution in [3.05, 3.63) is 35.5 Å². The lowest BCUT2D eigenvalue weighted by atomic mass is 9.50. The fourth-order valence-corrected chi connectivity index (χ4v) is 8.17. The number of fused-ring (bicyclic) bond motifs is 5. The van der Waals surface area contributed by atoms with Crippen LogP contribution in [0.15, 0.2) is 35.5 Å². The Morgan fingerprint density at radius 3 is 2.47 bits per heavy atom. The first-order valence-electron chi connectivity index (χ1n) is 13.0. The highest BCUT2D eigenvalue weighted by molar-refractivity contribution is 5.39. The highest BCUT2D eigenvalue weighted by Gasteiger charge is 2.56. The van der Waals surface area contributed by atoms with E-state index in [9.17, 15) is 5.11 Å². The van der Waals surface area contributed by atoms with Gasteiger partial charge in [-0.3, -0.25) is 0 Å². The van der Waals surface area contributed by atoms with Gasteiger partial charge >= 0.3 is 0 Å². The van der Waals surface area contributed by atoms with E-state index in [1.807, 2.05) is 0 Å². The van der Waals surface area contributed by atoms with Gasteiger partial charge in [0, 0.05) is 0 Å². The standard InChI is InChI=1S/C29H46O/c1-7-21(19(2)3)9-8-20(4)25-12-13-26-24-11-10-22-18-23(30)14-16-28(22,5)27(24)15-17-29(25,26)6/h8-11,19-21,23,25-27,30H,7,12-18H2,1-6H3/b9-8+. The quantitative estimate of drug-likeness (QED) is 0.460. The predicted octanol–water partition coefficient (Wildman–Crippen LogP) is 7.72. The topological polar surface area (TPSA) is 20.2 Å². The lowest BCUT2D eigenvalue weighted by Crippen LogP contribution is -2.46. The van der Waals surface area contributed by atoms with Crippen molar-refractivity contribution < 1.29 is 5.11 Å². The summed E-state index contributed by atoms with van der Waals surface area (Å²) in [5.41, 5.74) is 4.07. The van der Waals surface area contributed by atoms with Crippen LogP contribution in [0.5, 0.6) is 0 Å². The Kier molecular flexibility index (Phi) is 6.17. The molecule has 0 amide bonds. The molecule has 1 nitrogen and oxygen atoms in total. The van der Waals surface area contributed by atoms with E-state index >= 15 is 0 Å². The van der Waals surface area contributed by atoms with Crippen LogP contribution in [-0.2, 0) is 0 Å². The molecule has 8 atom stereocenters. The molecular weight excluding hydrogens is 364 g/mol. The smallest absolute Gasteiger partial charge is 0.0578 e. The van der Waals surface area contributed by atoms with Crippen molar-refractivity contribution >= 4 is 0 Å². The van der Waals surface area contributed by atoms with Crippen LogP contribution in [0.1, 0.15) is 92.9 Å². The summed E-state index contributed by atoms with van der Waals surface area (Å²) < 4.78 is 0. The second-order valence-corrected chi connectivity index (χ2v) is 12.1. The van der Waals surface area contributed by atoms with E-state index in [4.69, 9.17) is 0 Å². The Morgan fingerprint density at radius 2 is 1.77 bits per heavy atom. The third kappa shape index (κ3) is 3.58. The Balaban J connectivity index is 1.56. The second-order valence-electron chi connectivity index (χ2n) is 12.1. The lowest BCUT2D eigenvalue weighted by Gasteiger charge is -2.55. The van der Waals surface area contributed by atoms with E-state index in [2.05, 4.69) is 65.8 Å². The van der Waals surface area contributed by atoms with Crippen molar-refractivity contribution in [3.8, 4) is 0 Å². The summed E-state index contributed by atoms with van der Waals surface area (Å²) in [5, 5.41) is 10.2. The van der Waals surface area contributed by atoms with E-state index < -0.39 is 0 Å². The second kappa shape index (κ2) is 8.27. The molecule has 0 saturated heterocycles. The van der Waals surface area contributed by atoms with E-state index in [0.29, 0.717) is 16.7 Å². The molecule has 1 heteroatoms. The van der Waals surface area contributed by atoms with Crippen molar-refractivity contribution in [1.82, 2.24) is 0 Å². The maximum Gasteiger partial charge on any atom is 0.0578 e. The summed E-state index contributed by atoms with van der Waals surface area (Å²) >= 11 is 0. The lowest BCUT2D eigenvalue weighted by molar-refractivity contribution is 0.0382. The maximum atomic E-state index is 10.2. The molecule has 0 radical (unpaired) electrons. The molecule has 0 aliphatic heterocycles. The molecular formula is C29H46O. The van der Waals surface area contributed by atoms with E-state index in [-0.39, 0.29) is 6.10 Å². The summed E-state index contributed by atoms with van der Waals surface area (Å²) in [7, 11) is 0. The van der Waals surface area contributed by atoms with E-state index in [1.165, 1.54) is 44.1 Å². The highest BCUT2D eigenvalue weighted by Crippen LogP contribution is 2.66. The van der Waals surface area contributed by atoms with Crippen molar-refractivity contribution in [1.29, 1.82) is 0 Å². The summed E-state index contributed by atoms with van der Waals surface area (Å²) in [6.45, 7) is 14.7. The molecule has 0 bridgehead atoms. The molecule has 30 heavy (non-hydrogen) atoms. The van der Waals surface area contributed by atoms with Crippen LogP contribution in [0.3, 0.4) is 0 Å². The van der Waals surface area contributed by atoms with Crippen LogP contribution in [0.25, 0.3) is 0 Å². The van der Waals surface area contributed by atoms with Crippen LogP contribution in [-0.4, -0.2) is 11.2 Å². The maximum absolute atomic E-state index is 10.2. The Bertz CT molecular complexity index is 727. The fourth-order valence-electron chi connectivity index (χ4n) is 8.17. The van der Waals surface area contributed by atoms with Gasteiger partial charge in [0.2, 0.25) is 0 Å². The van der Waals surface area contributed by atoms with Gasteiger partial charge < -0.3 is 5.11 Å². The fraction of sp³-hybridized carbons (Fsp3) is 0.793. The van der Waals surface area contributed by atoms with Crippen LogP contribution >= 0.6 is 0 Å². The van der Waals surface area contributed by atoms with Gasteiger partial charge in [-0.1, -0.05) is 77.0 Å². The van der Waals surface area contributed by atoms with Gasteiger partial charge in [-0.2, -0.15) is 0 Å². The van der Waals surface area contributed by atoms with Gasteiger partial charge in [0.15, 0.2) is 0 Å². The Hall–Kier alpha value is -0.820. The number of hydrogen-bond donors (Lipinski definition) is 1. The van der Waals surface area contributed by atoms with Crippen molar-refractivity contribution in [2.45, 2.75) is 99.0 Å². The molecule has 4 aliphatic carbocycles. The molecule has 0 heterocycles. The first kappa shape index (κ1) is 22.4. The molecule has 168 valence electrons. The predicted molar refractivity (Wildman–Crippen MR) is 128 cm³/mol. The zero-order valence-electron chi connectivity index (χ0n) is 20.5. The highest BCUT2D eigenvalue weighted by atomic mass is 16.3. The van der Waals surface area contributed by atoms with Crippen molar-refractivity contribution in [3.63, 3.8) is 0 Å². The molecule has 3 fully saturated rings. The minimum Gasteiger partial charge on any atom is -0.393 e. The third-order valence-electron chi connectivity index (χ3n) is 10.2. The number of hydrogen-bond acceptors (Lipinski definition) is 1. The first-order chi connectivity index (χ1) is 14.2. The minimum atomic E-state index is -0.116. The van der Waals surface area contributed by atoms with Crippen LogP contribution in [0.2, 0.25) is 0 Å². The summed E-state index contributed by atoms with van der Waals surface area (Å²) in [5.74, 6) is 4.45. The van der Waals surface area contributed by atoms with Gasteiger partial charge in [0.05, 0.1) is 6.10 Å². The molecule has 4 rings (SSSR count). The number of allylic oxidation sites excluding steroid dienone is 5. The summed E-state index contributed by atoms with van der Waals surface area (Å²) in [6, 6.07) is 0. The zero-order chi connectivity index (χ0) is 21.7. The minimum absolute atomic E-state index is 0.116. The first-order valence-corrected chi connectivity index (χ1v) is 13.0. The monoisotopic (exact) mass is 410 g/mol. The average Bonchev–Trinajstić information content (AvgIpc) is 3.06. The Morgan fingerprint density at radius 1 is 1.00 bits per heavy atom. The zero-order valence-corrected chi connectivity index (χ0v) is 20.5. The van der Waals surface area contributed by atoms with Crippen LogP contribution < -0.4 is 0 Å². The number of aliphatic hydroxyl groups excluding tert-OH is 1. The van der Waals surface area contributed by atoms with Crippen molar-refractivity contribution in [2.75, 3.05) is 0 Å². The molecule has 4 aliphatic rings. The normalized spacial score (nSPS) is 42.9. The van der Waals surface area contributed by atoms with Crippen LogP contribution in [0.4, 0.5) is 0 Å². The molecule has 1 N–H and O–H groups in total. The molecule has 8 unspecified atom stereocenters. The SMILES string of the molecule is CCC(/C=C/C(C)C1CCC2C3=CC=C4CC(O)CCC4(C)C3CCC21C)C(C)C. The van der Waals surface area contributed by atoms with Gasteiger partial charge in [0.25, 0.3) is 0 Å². The summed E-state index contributed by atoms with van der Waals surface area (Å²) in [4.78, 5) is 0.